The Morgan fingerprint density at radius 3 is 1.73 bits per heavy atom. The van der Waals surface area contributed by atoms with E-state index in [0.29, 0.717) is 0 Å². The van der Waals surface area contributed by atoms with E-state index >= 15 is 0 Å². The number of nitrogens with zero attached hydrogens (tertiary/aromatic N) is 1. The van der Waals surface area contributed by atoms with E-state index in [1.807, 2.05) is 0 Å². The molecule has 268 valence electrons. The zero-order valence-corrected chi connectivity index (χ0v) is 32.7. The Kier molecular flexibility index (Phi) is 7.36. The topological polar surface area (TPSA) is 3.24 Å². The highest BCUT2D eigenvalue weighted by atomic mass is 15.1. The van der Waals surface area contributed by atoms with Gasteiger partial charge in [0.1, 0.15) is 0 Å². The molecule has 0 aliphatic heterocycles. The summed E-state index contributed by atoms with van der Waals surface area (Å²) >= 11 is 0. The Morgan fingerprint density at radius 2 is 0.982 bits per heavy atom. The lowest BCUT2D eigenvalue weighted by atomic mass is 9.76. The number of para-hydroxylation sites is 1. The molecule has 0 bridgehead atoms. The zero-order chi connectivity index (χ0) is 37.7. The molecule has 0 atom stereocenters. The number of hydrogen-bond donors (Lipinski definition) is 0. The lowest BCUT2D eigenvalue weighted by Crippen LogP contribution is -2.19. The van der Waals surface area contributed by atoms with Crippen LogP contribution in [0.25, 0.3) is 54.9 Å². The molecule has 8 aromatic carbocycles. The van der Waals surface area contributed by atoms with Gasteiger partial charge in [0, 0.05) is 27.7 Å². The minimum atomic E-state index is -0.179. The second kappa shape index (κ2) is 12.0. The van der Waals surface area contributed by atoms with Crippen LogP contribution in [0.5, 0.6) is 0 Å². The van der Waals surface area contributed by atoms with Crippen molar-refractivity contribution in [1.82, 2.24) is 0 Å². The Balaban J connectivity index is 1.19. The summed E-state index contributed by atoms with van der Waals surface area (Å²) in [5.41, 5.74) is 17.2. The third-order valence-corrected chi connectivity index (χ3v) is 12.8. The van der Waals surface area contributed by atoms with Crippen molar-refractivity contribution >= 4 is 38.6 Å². The van der Waals surface area contributed by atoms with Crippen LogP contribution in [0.4, 0.5) is 17.1 Å². The van der Waals surface area contributed by atoms with E-state index in [4.69, 9.17) is 0 Å². The fourth-order valence-electron chi connectivity index (χ4n) is 10.4. The highest BCUT2D eigenvalue weighted by molar-refractivity contribution is 6.07. The van der Waals surface area contributed by atoms with Crippen molar-refractivity contribution < 1.29 is 0 Å². The van der Waals surface area contributed by atoms with Crippen LogP contribution in [0, 0.1) is 0 Å². The smallest absolute Gasteiger partial charge is 0.0618 e. The summed E-state index contributed by atoms with van der Waals surface area (Å²) in [5.74, 6) is 0. The van der Waals surface area contributed by atoms with Gasteiger partial charge >= 0.3 is 0 Å². The van der Waals surface area contributed by atoms with Crippen molar-refractivity contribution in [1.29, 1.82) is 0 Å². The standard InChI is InChI=1S/C54H47N/c1-52(2)34-53(3,4)49-33-47-46(32-48(49)52)44-22-14-21-43(50(44)54(47,5)6)45-30-27-37-16-12-13-20-42(37)51(45)55(40-18-8-7-9-19-40)41-28-25-36(26-29-41)39-24-23-35-15-10-11-17-38(35)31-39/h7-33H,34H2,1-6H3. The van der Waals surface area contributed by atoms with Crippen LogP contribution >= 0.6 is 0 Å². The van der Waals surface area contributed by atoms with Gasteiger partial charge in [0.2, 0.25) is 0 Å². The molecule has 1 nitrogen and oxygen atoms in total. The Labute approximate surface area is 325 Å². The van der Waals surface area contributed by atoms with Crippen molar-refractivity contribution in [2.75, 3.05) is 4.90 Å². The van der Waals surface area contributed by atoms with Gasteiger partial charge in [-0.3, -0.25) is 0 Å². The highest BCUT2D eigenvalue weighted by Gasteiger charge is 2.46. The quantitative estimate of drug-likeness (QED) is 0.172. The Hall–Kier alpha value is -5.92. The third kappa shape index (κ3) is 5.20. The SMILES string of the molecule is CC1(C)CC(C)(C)c2cc3c(cc21)-c1cccc(-c2ccc4ccccc4c2N(c2ccccc2)c2ccc(-c4ccc5ccccc5c4)cc2)c1C3(C)C. The monoisotopic (exact) mass is 709 g/mol. The molecule has 0 N–H and O–H groups in total. The molecule has 0 amide bonds. The molecule has 0 saturated heterocycles. The third-order valence-electron chi connectivity index (χ3n) is 12.8. The molecule has 0 heterocycles. The molecule has 0 saturated carbocycles. The fraction of sp³-hybridized carbons (Fsp3) is 0.185. The average Bonchev–Trinajstić information content (AvgIpc) is 3.54. The van der Waals surface area contributed by atoms with Crippen LogP contribution in [-0.2, 0) is 16.2 Å². The van der Waals surface area contributed by atoms with E-state index in [1.165, 1.54) is 89.3 Å². The van der Waals surface area contributed by atoms with Gasteiger partial charge < -0.3 is 4.90 Å². The summed E-state index contributed by atoms with van der Waals surface area (Å²) in [6, 6.07) is 61.1. The molecule has 0 spiro atoms. The lowest BCUT2D eigenvalue weighted by molar-refractivity contribution is 0.403. The number of rotatable bonds is 5. The van der Waals surface area contributed by atoms with E-state index in [2.05, 4.69) is 210 Å². The molecular formula is C54H47N. The van der Waals surface area contributed by atoms with Crippen molar-refractivity contribution in [3.8, 4) is 33.4 Å². The molecule has 2 aliphatic carbocycles. The van der Waals surface area contributed by atoms with Crippen molar-refractivity contribution in [2.45, 2.75) is 64.2 Å². The molecule has 2 aliphatic rings. The van der Waals surface area contributed by atoms with Crippen molar-refractivity contribution in [3.63, 3.8) is 0 Å². The van der Waals surface area contributed by atoms with E-state index in [1.54, 1.807) is 0 Å². The van der Waals surface area contributed by atoms with Gasteiger partial charge in [0.05, 0.1) is 5.69 Å². The van der Waals surface area contributed by atoms with Gasteiger partial charge in [0.25, 0.3) is 0 Å². The predicted octanol–water partition coefficient (Wildman–Crippen LogP) is 15.1. The van der Waals surface area contributed by atoms with Crippen LogP contribution in [0.15, 0.2) is 164 Å². The van der Waals surface area contributed by atoms with Crippen LogP contribution in [0.2, 0.25) is 0 Å². The molecule has 1 heteroatoms. The summed E-state index contributed by atoms with van der Waals surface area (Å²) in [6.45, 7) is 14.6. The van der Waals surface area contributed by atoms with E-state index in [9.17, 15) is 0 Å². The summed E-state index contributed by atoms with van der Waals surface area (Å²) in [7, 11) is 0. The molecular weight excluding hydrogens is 663 g/mol. The summed E-state index contributed by atoms with van der Waals surface area (Å²) in [6.07, 6.45) is 1.17. The number of fused-ring (bicyclic) bond motifs is 6. The molecule has 0 fully saturated rings. The molecule has 8 aromatic rings. The number of hydrogen-bond acceptors (Lipinski definition) is 1. The maximum atomic E-state index is 2.58. The van der Waals surface area contributed by atoms with Gasteiger partial charge in [-0.1, -0.05) is 169 Å². The van der Waals surface area contributed by atoms with Crippen LogP contribution in [-0.4, -0.2) is 0 Å². The van der Waals surface area contributed by atoms with Crippen molar-refractivity contribution in [2.24, 2.45) is 0 Å². The van der Waals surface area contributed by atoms with Gasteiger partial charge in [-0.2, -0.15) is 0 Å². The van der Waals surface area contributed by atoms with E-state index in [0.717, 1.165) is 11.4 Å². The molecule has 10 rings (SSSR count). The van der Waals surface area contributed by atoms with Gasteiger partial charge in [-0.25, -0.2) is 0 Å². The first-order valence-electron chi connectivity index (χ1n) is 19.8. The normalized spacial score (nSPS) is 15.8. The fourth-order valence-corrected chi connectivity index (χ4v) is 10.4. The van der Waals surface area contributed by atoms with Gasteiger partial charge in [-0.15, -0.1) is 0 Å². The van der Waals surface area contributed by atoms with E-state index in [-0.39, 0.29) is 16.2 Å². The number of anilines is 3. The predicted molar refractivity (Wildman–Crippen MR) is 235 cm³/mol. The van der Waals surface area contributed by atoms with Gasteiger partial charge in [-0.05, 0) is 120 Å². The summed E-state index contributed by atoms with van der Waals surface area (Å²) < 4.78 is 0. The van der Waals surface area contributed by atoms with E-state index < -0.39 is 0 Å². The maximum Gasteiger partial charge on any atom is 0.0618 e. The minimum absolute atomic E-state index is 0.143. The molecule has 55 heavy (non-hydrogen) atoms. The highest BCUT2D eigenvalue weighted by Crippen LogP contribution is 2.59. The number of benzene rings is 8. The first kappa shape index (κ1) is 33.6. The average molecular weight is 710 g/mol. The van der Waals surface area contributed by atoms with Crippen molar-refractivity contribution in [3.05, 3.63) is 186 Å². The Bertz CT molecular complexity index is 2800. The van der Waals surface area contributed by atoms with Crippen LogP contribution < -0.4 is 4.90 Å². The second-order valence-corrected chi connectivity index (χ2v) is 17.7. The minimum Gasteiger partial charge on any atom is -0.309 e. The van der Waals surface area contributed by atoms with Crippen LogP contribution in [0.3, 0.4) is 0 Å². The Morgan fingerprint density at radius 1 is 0.400 bits per heavy atom. The molecule has 0 aromatic heterocycles. The lowest BCUT2D eigenvalue weighted by Gasteiger charge is -2.31. The first-order chi connectivity index (χ1) is 26.5. The maximum absolute atomic E-state index is 2.58. The summed E-state index contributed by atoms with van der Waals surface area (Å²) in [4.78, 5) is 2.48. The zero-order valence-electron chi connectivity index (χ0n) is 32.7. The largest absolute Gasteiger partial charge is 0.309 e. The van der Waals surface area contributed by atoms with Gasteiger partial charge in [0.15, 0.2) is 0 Å². The summed E-state index contributed by atoms with van der Waals surface area (Å²) in [5, 5.41) is 4.98. The second-order valence-electron chi connectivity index (χ2n) is 17.7. The first-order valence-corrected chi connectivity index (χ1v) is 19.8. The van der Waals surface area contributed by atoms with Crippen LogP contribution in [0.1, 0.15) is 70.2 Å². The molecule has 0 unspecified atom stereocenters. The molecule has 0 radical (unpaired) electrons.